The zero-order valence-corrected chi connectivity index (χ0v) is 11.4. The molecular formula is C15H23NO2. The van der Waals surface area contributed by atoms with Crippen LogP contribution in [0.4, 0.5) is 0 Å². The van der Waals surface area contributed by atoms with Crippen LogP contribution in [0.15, 0.2) is 30.3 Å². The highest BCUT2D eigenvalue weighted by Crippen LogP contribution is 2.18. The van der Waals surface area contributed by atoms with Gasteiger partial charge in [-0.15, -0.1) is 0 Å². The number of benzene rings is 1. The molecule has 3 heteroatoms. The van der Waals surface area contributed by atoms with Crippen LogP contribution in [0.25, 0.3) is 0 Å². The Morgan fingerprint density at radius 3 is 2.33 bits per heavy atom. The molecule has 2 N–H and O–H groups in total. The van der Waals surface area contributed by atoms with Crippen molar-refractivity contribution in [1.29, 1.82) is 0 Å². The topological polar surface area (TPSA) is 49.3 Å². The van der Waals surface area contributed by atoms with E-state index in [1.54, 1.807) is 0 Å². The predicted octanol–water partition coefficient (Wildman–Crippen LogP) is 3.23. The number of carbonyl (C=O) groups is 1. The highest BCUT2D eigenvalue weighted by Gasteiger charge is 2.22. The van der Waals surface area contributed by atoms with Gasteiger partial charge in [0.25, 0.3) is 0 Å². The summed E-state index contributed by atoms with van der Waals surface area (Å²) in [7, 11) is 0. The van der Waals surface area contributed by atoms with Gasteiger partial charge < -0.3 is 5.11 Å². The normalized spacial score (nSPS) is 14.4. The Balaban J connectivity index is 2.74. The van der Waals surface area contributed by atoms with Gasteiger partial charge in [-0.3, -0.25) is 10.1 Å². The van der Waals surface area contributed by atoms with E-state index in [1.807, 2.05) is 44.2 Å². The lowest BCUT2D eigenvalue weighted by Gasteiger charge is -2.23. The molecule has 0 radical (unpaired) electrons. The maximum atomic E-state index is 11.3. The largest absolute Gasteiger partial charge is 0.480 e. The molecule has 2 atom stereocenters. The quantitative estimate of drug-likeness (QED) is 0.780. The molecule has 1 aromatic carbocycles. The molecule has 0 saturated carbocycles. The highest BCUT2D eigenvalue weighted by molar-refractivity contribution is 5.73. The Morgan fingerprint density at radius 2 is 1.89 bits per heavy atom. The van der Waals surface area contributed by atoms with Gasteiger partial charge in [0.1, 0.15) is 6.04 Å². The van der Waals surface area contributed by atoms with E-state index in [0.717, 1.165) is 12.0 Å². The van der Waals surface area contributed by atoms with E-state index in [0.29, 0.717) is 12.3 Å². The molecule has 1 aromatic rings. The Labute approximate surface area is 109 Å². The van der Waals surface area contributed by atoms with Gasteiger partial charge in [-0.25, -0.2) is 0 Å². The number of aliphatic carboxylic acids is 1. The first-order chi connectivity index (χ1) is 8.54. The van der Waals surface area contributed by atoms with Crippen molar-refractivity contribution in [2.24, 2.45) is 5.92 Å². The van der Waals surface area contributed by atoms with E-state index in [-0.39, 0.29) is 6.04 Å². The van der Waals surface area contributed by atoms with Crippen LogP contribution in [0.1, 0.15) is 45.2 Å². The fourth-order valence-corrected chi connectivity index (χ4v) is 2.09. The highest BCUT2D eigenvalue weighted by atomic mass is 16.4. The van der Waals surface area contributed by atoms with Crippen LogP contribution in [0.2, 0.25) is 0 Å². The molecular weight excluding hydrogens is 226 g/mol. The van der Waals surface area contributed by atoms with Crippen molar-refractivity contribution < 1.29 is 9.90 Å². The summed E-state index contributed by atoms with van der Waals surface area (Å²) >= 11 is 0. The minimum absolute atomic E-state index is 0.103. The summed E-state index contributed by atoms with van der Waals surface area (Å²) < 4.78 is 0. The lowest BCUT2D eigenvalue weighted by atomic mass is 9.99. The fourth-order valence-electron chi connectivity index (χ4n) is 2.09. The van der Waals surface area contributed by atoms with Gasteiger partial charge >= 0.3 is 5.97 Å². The number of carboxylic acid groups (broad SMARTS) is 1. The molecule has 0 amide bonds. The van der Waals surface area contributed by atoms with E-state index in [9.17, 15) is 9.90 Å². The van der Waals surface area contributed by atoms with E-state index in [1.165, 1.54) is 0 Å². The maximum absolute atomic E-state index is 11.3. The predicted molar refractivity (Wildman–Crippen MR) is 73.5 cm³/mol. The fraction of sp³-hybridized carbons (Fsp3) is 0.533. The average Bonchev–Trinajstić information content (AvgIpc) is 2.34. The average molecular weight is 249 g/mol. The Hall–Kier alpha value is -1.35. The van der Waals surface area contributed by atoms with Crippen molar-refractivity contribution in [2.75, 3.05) is 0 Å². The SMILES string of the molecule is CCC(NC(CC(C)C)C(=O)O)c1ccccc1. The van der Waals surface area contributed by atoms with Gasteiger partial charge in [0.05, 0.1) is 0 Å². The van der Waals surface area contributed by atoms with Crippen molar-refractivity contribution in [3.05, 3.63) is 35.9 Å². The standard InChI is InChI=1S/C15H23NO2/c1-4-13(12-8-6-5-7-9-12)16-14(15(17)18)10-11(2)3/h5-9,11,13-14,16H,4,10H2,1-3H3,(H,17,18). The summed E-state index contributed by atoms with van der Waals surface area (Å²) in [6.45, 7) is 6.15. The van der Waals surface area contributed by atoms with Gasteiger partial charge in [0.2, 0.25) is 0 Å². The number of nitrogens with one attached hydrogen (secondary N) is 1. The second kappa shape index (κ2) is 7.17. The van der Waals surface area contributed by atoms with Crippen molar-refractivity contribution >= 4 is 5.97 Å². The van der Waals surface area contributed by atoms with Crippen LogP contribution in [0.3, 0.4) is 0 Å². The first-order valence-corrected chi connectivity index (χ1v) is 6.58. The number of rotatable bonds is 7. The number of hydrogen-bond donors (Lipinski definition) is 2. The van der Waals surface area contributed by atoms with Crippen molar-refractivity contribution in [3.8, 4) is 0 Å². The third kappa shape index (κ3) is 4.49. The zero-order valence-electron chi connectivity index (χ0n) is 11.4. The Kier molecular flexibility index (Phi) is 5.86. The summed E-state index contributed by atoms with van der Waals surface area (Å²) in [5.41, 5.74) is 1.15. The molecule has 0 aromatic heterocycles. The van der Waals surface area contributed by atoms with Crippen LogP contribution in [0, 0.1) is 5.92 Å². The van der Waals surface area contributed by atoms with E-state index in [4.69, 9.17) is 0 Å². The third-order valence-electron chi connectivity index (χ3n) is 3.02. The number of hydrogen-bond acceptors (Lipinski definition) is 2. The summed E-state index contributed by atoms with van der Waals surface area (Å²) in [6.07, 6.45) is 1.53. The molecule has 0 bridgehead atoms. The van der Waals surface area contributed by atoms with Crippen LogP contribution in [-0.4, -0.2) is 17.1 Å². The second-order valence-electron chi connectivity index (χ2n) is 5.06. The molecule has 18 heavy (non-hydrogen) atoms. The lowest BCUT2D eigenvalue weighted by molar-refractivity contribution is -0.140. The van der Waals surface area contributed by atoms with Gasteiger partial charge in [-0.2, -0.15) is 0 Å². The molecule has 1 rings (SSSR count). The molecule has 100 valence electrons. The van der Waals surface area contributed by atoms with Crippen LogP contribution in [0.5, 0.6) is 0 Å². The molecule has 0 aliphatic rings. The molecule has 2 unspecified atom stereocenters. The molecule has 0 spiro atoms. The van der Waals surface area contributed by atoms with E-state index in [2.05, 4.69) is 12.2 Å². The smallest absolute Gasteiger partial charge is 0.320 e. The van der Waals surface area contributed by atoms with Crippen molar-refractivity contribution in [1.82, 2.24) is 5.32 Å². The first-order valence-electron chi connectivity index (χ1n) is 6.58. The van der Waals surface area contributed by atoms with Gasteiger partial charge in [0, 0.05) is 6.04 Å². The minimum atomic E-state index is -0.766. The van der Waals surface area contributed by atoms with Crippen molar-refractivity contribution in [2.45, 2.75) is 45.7 Å². The molecule has 0 fully saturated rings. The van der Waals surface area contributed by atoms with Crippen LogP contribution < -0.4 is 5.32 Å². The molecule has 0 aliphatic carbocycles. The summed E-state index contributed by atoms with van der Waals surface area (Å²) in [6, 6.07) is 9.64. The van der Waals surface area contributed by atoms with Gasteiger partial charge in [0.15, 0.2) is 0 Å². The van der Waals surface area contributed by atoms with Gasteiger partial charge in [-0.1, -0.05) is 51.1 Å². The molecule has 0 heterocycles. The molecule has 0 saturated heterocycles. The van der Waals surface area contributed by atoms with Gasteiger partial charge in [-0.05, 0) is 24.3 Å². The Bertz CT molecular complexity index is 362. The molecule has 0 aliphatic heterocycles. The van der Waals surface area contributed by atoms with E-state index < -0.39 is 12.0 Å². The summed E-state index contributed by atoms with van der Waals surface area (Å²) in [5.74, 6) is -0.398. The summed E-state index contributed by atoms with van der Waals surface area (Å²) in [4.78, 5) is 11.3. The lowest BCUT2D eigenvalue weighted by Crippen LogP contribution is -2.40. The number of carboxylic acids is 1. The monoisotopic (exact) mass is 249 g/mol. The van der Waals surface area contributed by atoms with Crippen LogP contribution >= 0.6 is 0 Å². The molecule has 3 nitrogen and oxygen atoms in total. The van der Waals surface area contributed by atoms with E-state index >= 15 is 0 Å². The minimum Gasteiger partial charge on any atom is -0.480 e. The maximum Gasteiger partial charge on any atom is 0.320 e. The van der Waals surface area contributed by atoms with Crippen molar-refractivity contribution in [3.63, 3.8) is 0 Å². The summed E-state index contributed by atoms with van der Waals surface area (Å²) in [5, 5.41) is 12.5. The first kappa shape index (κ1) is 14.7. The second-order valence-corrected chi connectivity index (χ2v) is 5.06. The van der Waals surface area contributed by atoms with Crippen LogP contribution in [-0.2, 0) is 4.79 Å². The Morgan fingerprint density at radius 1 is 1.28 bits per heavy atom. The zero-order chi connectivity index (χ0) is 13.5. The third-order valence-corrected chi connectivity index (χ3v) is 3.02.